The Morgan fingerprint density at radius 2 is 1.36 bits per heavy atom. The number of hydrogen-bond donors (Lipinski definition) is 0. The van der Waals surface area contributed by atoms with E-state index in [0.717, 1.165) is 21.5 Å². The summed E-state index contributed by atoms with van der Waals surface area (Å²) in [5.74, 6) is 0. The minimum absolute atomic E-state index is 0.455. The summed E-state index contributed by atoms with van der Waals surface area (Å²) in [7, 11) is 0. The molecule has 0 unspecified atom stereocenters. The third-order valence-corrected chi connectivity index (χ3v) is 2.44. The van der Waals surface area contributed by atoms with Gasteiger partial charge in [-0.15, -0.1) is 0 Å². The molecular formula is C14H10. The lowest BCUT2D eigenvalue weighted by Gasteiger charge is -2.00. The Labute approximate surface area is 85.6 Å². The van der Waals surface area contributed by atoms with Crippen molar-refractivity contribution in [2.75, 3.05) is 0 Å². The topological polar surface area (TPSA) is 0 Å². The van der Waals surface area contributed by atoms with Crippen LogP contribution in [0, 0.1) is 0 Å². The van der Waals surface area contributed by atoms with E-state index in [4.69, 9.17) is 2.74 Å². The van der Waals surface area contributed by atoms with Crippen molar-refractivity contribution >= 4 is 21.5 Å². The third kappa shape index (κ3) is 1.08. The molecule has 0 saturated heterocycles. The molecule has 0 fully saturated rings. The smallest absolute Gasteiger partial charge is 0.0616 e. The van der Waals surface area contributed by atoms with Gasteiger partial charge in [0.1, 0.15) is 0 Å². The van der Waals surface area contributed by atoms with Gasteiger partial charge in [0.15, 0.2) is 0 Å². The highest BCUT2D eigenvalue weighted by atomic mass is 14.0. The van der Waals surface area contributed by atoms with Crippen molar-refractivity contribution < 1.29 is 2.74 Å². The predicted octanol–water partition coefficient (Wildman–Crippen LogP) is 3.99. The Morgan fingerprint density at radius 1 is 0.714 bits per heavy atom. The van der Waals surface area contributed by atoms with Gasteiger partial charge in [-0.2, -0.15) is 0 Å². The molecule has 0 nitrogen and oxygen atoms in total. The summed E-state index contributed by atoms with van der Waals surface area (Å²) in [5, 5.41) is 3.91. The molecule has 0 aromatic heterocycles. The predicted molar refractivity (Wildman–Crippen MR) is 61.5 cm³/mol. The highest BCUT2D eigenvalue weighted by molar-refractivity contribution is 5.97. The van der Waals surface area contributed by atoms with Crippen molar-refractivity contribution in [1.82, 2.24) is 0 Å². The van der Waals surface area contributed by atoms with Gasteiger partial charge in [-0.1, -0.05) is 48.5 Å². The molecule has 3 aromatic rings. The Kier molecular flexibility index (Phi) is 1.18. The first kappa shape index (κ1) is 5.82. The van der Waals surface area contributed by atoms with Gasteiger partial charge in [0.25, 0.3) is 0 Å². The van der Waals surface area contributed by atoms with Crippen LogP contribution >= 0.6 is 0 Å². The van der Waals surface area contributed by atoms with E-state index in [-0.39, 0.29) is 0 Å². The van der Waals surface area contributed by atoms with E-state index in [2.05, 4.69) is 6.07 Å². The minimum Gasteiger partial charge on any atom is -0.0616 e. The summed E-state index contributed by atoms with van der Waals surface area (Å²) < 4.78 is 15.7. The number of rotatable bonds is 0. The fourth-order valence-electron chi connectivity index (χ4n) is 1.73. The first-order valence-corrected chi connectivity index (χ1v) is 4.64. The minimum atomic E-state index is 0.455. The van der Waals surface area contributed by atoms with Crippen LogP contribution in [0.2, 0.25) is 0 Å². The maximum atomic E-state index is 8.15. The molecule has 0 N–H and O–H groups in total. The first-order chi connectivity index (χ1) is 7.75. The lowest BCUT2D eigenvalue weighted by atomic mass is 10.0. The molecule has 0 aliphatic carbocycles. The van der Waals surface area contributed by atoms with Gasteiger partial charge in [-0.25, -0.2) is 0 Å². The van der Waals surface area contributed by atoms with Gasteiger partial charge in [0.2, 0.25) is 0 Å². The lowest BCUT2D eigenvalue weighted by Crippen LogP contribution is -1.74. The zero-order chi connectivity index (χ0) is 11.1. The molecule has 0 aliphatic heterocycles. The molecule has 0 amide bonds. The van der Waals surface area contributed by atoms with E-state index in [0.29, 0.717) is 12.1 Å². The van der Waals surface area contributed by atoms with Gasteiger partial charge < -0.3 is 0 Å². The quantitative estimate of drug-likeness (QED) is 0.459. The van der Waals surface area contributed by atoms with Crippen LogP contribution in [0.1, 0.15) is 2.74 Å². The molecule has 14 heavy (non-hydrogen) atoms. The SMILES string of the molecule is [2H]c1ccc2cc3ccccc3c([2H])c2c1. The van der Waals surface area contributed by atoms with E-state index in [1.807, 2.05) is 30.3 Å². The fourth-order valence-corrected chi connectivity index (χ4v) is 1.73. The van der Waals surface area contributed by atoms with Crippen LogP contribution in [0.25, 0.3) is 21.5 Å². The largest absolute Gasteiger partial charge is 0.0636 e. The van der Waals surface area contributed by atoms with Crippen molar-refractivity contribution in [3.63, 3.8) is 0 Å². The molecule has 0 heterocycles. The summed E-state index contributed by atoms with van der Waals surface area (Å²) in [5.41, 5.74) is 0. The molecule has 0 heteroatoms. The Morgan fingerprint density at radius 3 is 2.21 bits per heavy atom. The third-order valence-electron chi connectivity index (χ3n) is 2.44. The van der Waals surface area contributed by atoms with E-state index in [1.165, 1.54) is 0 Å². The van der Waals surface area contributed by atoms with Gasteiger partial charge in [0, 0.05) is 0 Å². The summed E-state index contributed by atoms with van der Waals surface area (Å²) in [4.78, 5) is 0. The first-order valence-electron chi connectivity index (χ1n) is 5.64. The van der Waals surface area contributed by atoms with Gasteiger partial charge in [-0.3, -0.25) is 0 Å². The van der Waals surface area contributed by atoms with Crippen LogP contribution in [-0.4, -0.2) is 0 Å². The second-order valence-electron chi connectivity index (χ2n) is 3.37. The monoisotopic (exact) mass is 180 g/mol. The molecule has 0 bridgehead atoms. The summed E-state index contributed by atoms with van der Waals surface area (Å²) in [6.07, 6.45) is 0. The summed E-state index contributed by atoms with van der Waals surface area (Å²) in [6.45, 7) is 0. The second kappa shape index (κ2) is 2.85. The number of fused-ring (bicyclic) bond motifs is 2. The normalized spacial score (nSPS) is 12.9. The molecular weight excluding hydrogens is 168 g/mol. The average Bonchev–Trinajstić information content (AvgIpc) is 2.31. The molecule has 66 valence electrons. The Hall–Kier alpha value is -1.82. The van der Waals surface area contributed by atoms with Crippen LogP contribution in [0.15, 0.2) is 60.6 Å². The molecule has 0 radical (unpaired) electrons. The maximum absolute atomic E-state index is 8.15. The van der Waals surface area contributed by atoms with Crippen molar-refractivity contribution in [2.45, 2.75) is 0 Å². The van der Waals surface area contributed by atoms with E-state index >= 15 is 0 Å². The molecule has 0 atom stereocenters. The van der Waals surface area contributed by atoms with Crippen LogP contribution in [-0.2, 0) is 0 Å². The van der Waals surface area contributed by atoms with Crippen molar-refractivity contribution in [3.8, 4) is 0 Å². The standard InChI is InChI=1S/C14H10/c1-2-6-12-10-14-8-4-3-7-13(14)9-11(12)5-1/h1-10H/i1D,9D. The molecule has 3 aromatic carbocycles. The number of benzene rings is 3. The fraction of sp³-hybridized carbons (Fsp3) is 0. The van der Waals surface area contributed by atoms with Crippen molar-refractivity contribution in [2.24, 2.45) is 0 Å². The van der Waals surface area contributed by atoms with Crippen LogP contribution < -0.4 is 0 Å². The van der Waals surface area contributed by atoms with E-state index in [9.17, 15) is 0 Å². The Balaban J connectivity index is 2.56. The number of hydrogen-bond acceptors (Lipinski definition) is 0. The summed E-state index contributed by atoms with van der Waals surface area (Å²) >= 11 is 0. The second-order valence-corrected chi connectivity index (χ2v) is 3.37. The van der Waals surface area contributed by atoms with Crippen molar-refractivity contribution in [3.05, 3.63) is 60.6 Å². The zero-order valence-corrected chi connectivity index (χ0v) is 7.62. The van der Waals surface area contributed by atoms with E-state index in [1.54, 1.807) is 12.1 Å². The molecule has 0 saturated carbocycles. The van der Waals surface area contributed by atoms with Gasteiger partial charge in [0.05, 0.1) is 2.74 Å². The van der Waals surface area contributed by atoms with Gasteiger partial charge in [-0.05, 0) is 33.7 Å². The van der Waals surface area contributed by atoms with Crippen LogP contribution in [0.5, 0.6) is 0 Å². The average molecular weight is 180 g/mol. The molecule has 3 rings (SSSR count). The van der Waals surface area contributed by atoms with Crippen LogP contribution in [0.4, 0.5) is 0 Å². The van der Waals surface area contributed by atoms with Crippen LogP contribution in [0.3, 0.4) is 0 Å². The highest BCUT2D eigenvalue weighted by Crippen LogP contribution is 2.21. The van der Waals surface area contributed by atoms with E-state index < -0.39 is 0 Å². The summed E-state index contributed by atoms with van der Waals surface area (Å²) in [6, 6.07) is 16.3. The van der Waals surface area contributed by atoms with Gasteiger partial charge >= 0.3 is 0 Å². The highest BCUT2D eigenvalue weighted by Gasteiger charge is 1.95. The zero-order valence-electron chi connectivity index (χ0n) is 9.62. The maximum Gasteiger partial charge on any atom is 0.0636 e. The van der Waals surface area contributed by atoms with Crippen molar-refractivity contribution in [1.29, 1.82) is 0 Å². The molecule has 0 spiro atoms. The molecule has 0 aliphatic rings. The lowest BCUT2D eigenvalue weighted by molar-refractivity contribution is 1.76. The Bertz CT molecular complexity index is 687.